The Morgan fingerprint density at radius 2 is 1.44 bits per heavy atom. The van der Waals surface area contributed by atoms with Gasteiger partial charge in [0.15, 0.2) is 17.5 Å². The lowest BCUT2D eigenvalue weighted by molar-refractivity contribution is -0.192. The Balaban J connectivity index is 0.00000189. The fourth-order valence-electron chi connectivity index (χ4n) is 4.15. The van der Waals surface area contributed by atoms with E-state index in [2.05, 4.69) is 10.3 Å². The number of nitrogens with zero attached hydrogens (tertiary/aromatic N) is 1. The van der Waals surface area contributed by atoms with Crippen LogP contribution in [0.25, 0.3) is 0 Å². The number of nitrogens with one attached hydrogen (secondary N) is 1. The Labute approximate surface area is 309 Å². The van der Waals surface area contributed by atoms with Crippen molar-refractivity contribution < 1.29 is 71.4 Å². The van der Waals surface area contributed by atoms with E-state index < -0.39 is 59.6 Å². The fourth-order valence-corrected chi connectivity index (χ4v) is 4.15. The maximum atomic E-state index is 12.9. The van der Waals surface area contributed by atoms with Gasteiger partial charge in [0.05, 0.1) is 25.3 Å². The Bertz CT molecular complexity index is 1650. The van der Waals surface area contributed by atoms with Crippen molar-refractivity contribution in [3.05, 3.63) is 47.5 Å². The number of aliphatic carboxylic acids is 1. The molecule has 1 amide bonds. The summed E-state index contributed by atoms with van der Waals surface area (Å²) in [6.07, 6.45) is -4.42. The van der Waals surface area contributed by atoms with Crippen LogP contribution in [0.15, 0.2) is 41.4 Å². The van der Waals surface area contributed by atoms with Crippen molar-refractivity contribution in [3.63, 3.8) is 0 Å². The normalized spacial score (nSPS) is 11.9. The van der Waals surface area contributed by atoms with Crippen LogP contribution in [0.1, 0.15) is 83.1 Å². The summed E-state index contributed by atoms with van der Waals surface area (Å²) in [5, 5.41) is 29.6. The summed E-state index contributed by atoms with van der Waals surface area (Å²) >= 11 is 0. The van der Waals surface area contributed by atoms with Crippen molar-refractivity contribution >= 4 is 41.4 Å². The monoisotopic (exact) mass is 772 g/mol. The number of para-hydroxylation sites is 1. The minimum absolute atomic E-state index is 0.0408. The van der Waals surface area contributed by atoms with Gasteiger partial charge in [0.1, 0.15) is 28.6 Å². The molecule has 8 N–H and O–H groups in total. The minimum atomic E-state index is -5.08. The number of aromatic carboxylic acids is 1. The number of amides is 1. The molecule has 19 heteroatoms. The molecule has 0 saturated carbocycles. The number of rotatable bonds is 16. The molecule has 0 bridgehead atoms. The number of hydrogen-bond donors (Lipinski definition) is 6. The number of hydrogen-bond acceptors (Lipinski definition) is 11. The van der Waals surface area contributed by atoms with Crippen molar-refractivity contribution in [2.45, 2.75) is 97.1 Å². The van der Waals surface area contributed by atoms with Crippen molar-refractivity contribution in [1.82, 2.24) is 5.32 Å². The Morgan fingerprint density at radius 1 is 0.870 bits per heavy atom. The van der Waals surface area contributed by atoms with Crippen LogP contribution in [0, 0.1) is 0 Å². The molecule has 0 radical (unpaired) electrons. The number of carbonyl (C=O) groups excluding carboxylic acids is 3. The summed E-state index contributed by atoms with van der Waals surface area (Å²) < 4.78 is 54.0. The molecule has 0 aromatic heterocycles. The molecule has 0 saturated heterocycles. The van der Waals surface area contributed by atoms with E-state index in [1.807, 2.05) is 0 Å². The third kappa shape index (κ3) is 18.7. The summed E-state index contributed by atoms with van der Waals surface area (Å²) in [7, 11) is 0. The number of esters is 2. The van der Waals surface area contributed by atoms with Gasteiger partial charge in [-0.3, -0.25) is 9.59 Å². The number of nitrogens with two attached hydrogens (primary N) is 2. The van der Waals surface area contributed by atoms with Crippen molar-refractivity contribution in [2.75, 3.05) is 13.2 Å². The van der Waals surface area contributed by atoms with Gasteiger partial charge >= 0.3 is 30.1 Å². The number of ether oxygens (including phenoxy) is 4. The maximum absolute atomic E-state index is 12.9. The fraction of sp³-hybridized carbons (Fsp3) is 0.486. The lowest BCUT2D eigenvalue weighted by Gasteiger charge is -2.25. The molecule has 1 unspecified atom stereocenters. The van der Waals surface area contributed by atoms with E-state index in [1.54, 1.807) is 53.7 Å². The van der Waals surface area contributed by atoms with E-state index in [4.69, 9.17) is 40.3 Å². The number of phenolic OH excluding ortho intramolecular Hbond substituents is 1. The Morgan fingerprint density at radius 3 is 1.96 bits per heavy atom. The molecule has 0 heterocycles. The van der Waals surface area contributed by atoms with Gasteiger partial charge in [0.25, 0.3) is 0 Å². The van der Waals surface area contributed by atoms with E-state index in [1.165, 1.54) is 24.3 Å². The lowest BCUT2D eigenvalue weighted by atomic mass is 10.1. The zero-order valence-corrected chi connectivity index (χ0v) is 30.7. The first-order chi connectivity index (χ1) is 24.8. The molecule has 0 aliphatic heterocycles. The number of guanidine groups is 1. The zero-order valence-electron chi connectivity index (χ0n) is 30.7. The third-order valence-corrected chi connectivity index (χ3v) is 6.25. The number of halogens is 3. The number of carboxylic acid groups (broad SMARTS) is 2. The largest absolute Gasteiger partial charge is 0.504 e. The Kier molecular flexibility index (Phi) is 17.5. The van der Waals surface area contributed by atoms with Crippen LogP contribution in [-0.2, 0) is 35.1 Å². The second-order valence-electron chi connectivity index (χ2n) is 13.4. The van der Waals surface area contributed by atoms with E-state index in [9.17, 15) is 42.6 Å². The lowest BCUT2D eigenvalue weighted by Crippen LogP contribution is -2.46. The predicted molar refractivity (Wildman–Crippen MR) is 187 cm³/mol. The average Bonchev–Trinajstić information content (AvgIpc) is 3.00. The van der Waals surface area contributed by atoms with Crippen LogP contribution in [-0.4, -0.2) is 87.7 Å². The molecule has 2 aromatic carbocycles. The summed E-state index contributed by atoms with van der Waals surface area (Å²) in [6.45, 7) is 10.5. The molecule has 1 atom stereocenters. The van der Waals surface area contributed by atoms with Crippen molar-refractivity contribution in [3.8, 4) is 17.2 Å². The van der Waals surface area contributed by atoms with Gasteiger partial charge in [-0.15, -0.1) is 0 Å². The summed E-state index contributed by atoms with van der Waals surface area (Å²) in [4.78, 5) is 62.5. The van der Waals surface area contributed by atoms with Crippen LogP contribution in [0.3, 0.4) is 0 Å². The molecule has 300 valence electrons. The highest BCUT2D eigenvalue weighted by Gasteiger charge is 2.38. The van der Waals surface area contributed by atoms with Crippen molar-refractivity contribution in [2.24, 2.45) is 16.5 Å². The first kappa shape index (κ1) is 46.3. The number of aryl methyl sites for hydroxylation is 1. The maximum Gasteiger partial charge on any atom is 0.490 e. The number of alkyl halides is 3. The molecule has 0 aliphatic rings. The van der Waals surface area contributed by atoms with Crippen LogP contribution in [0.4, 0.5) is 18.9 Å². The molecular weight excluding hydrogens is 725 g/mol. The van der Waals surface area contributed by atoms with E-state index in [-0.39, 0.29) is 54.8 Å². The zero-order chi connectivity index (χ0) is 41.4. The molecule has 16 nitrogen and oxygen atoms in total. The number of aromatic hydroxyl groups is 1. The highest BCUT2D eigenvalue weighted by Crippen LogP contribution is 2.31. The van der Waals surface area contributed by atoms with Gasteiger partial charge < -0.3 is 51.1 Å². The first-order valence-corrected chi connectivity index (χ1v) is 16.4. The molecule has 0 aliphatic carbocycles. The minimum Gasteiger partial charge on any atom is -0.504 e. The predicted octanol–water partition coefficient (Wildman–Crippen LogP) is 4.36. The van der Waals surface area contributed by atoms with Crippen LogP contribution in [0.5, 0.6) is 17.2 Å². The van der Waals surface area contributed by atoms with Crippen molar-refractivity contribution in [1.29, 1.82) is 0 Å². The van der Waals surface area contributed by atoms with Gasteiger partial charge in [-0.05, 0) is 84.6 Å². The summed E-state index contributed by atoms with van der Waals surface area (Å²) in [5.74, 6) is -5.83. The van der Waals surface area contributed by atoms with E-state index >= 15 is 0 Å². The van der Waals surface area contributed by atoms with Crippen LogP contribution >= 0.6 is 0 Å². The second-order valence-corrected chi connectivity index (χ2v) is 13.4. The van der Waals surface area contributed by atoms with Gasteiger partial charge in [0, 0.05) is 12.5 Å². The SMILES string of the molecule is CC(C)(C)OC(=O)CC(NC(=O)CCc1cccc(O)c1OCCCCOc1cc(N=C(N)N)ccc1C(=O)O)C(=O)OC(C)(C)C.O=C(O)C(F)(F)F. The van der Waals surface area contributed by atoms with Gasteiger partial charge in [0.2, 0.25) is 5.91 Å². The average molecular weight is 773 g/mol. The molecule has 2 aromatic rings. The number of phenols is 1. The molecule has 0 spiro atoms. The first-order valence-electron chi connectivity index (χ1n) is 16.4. The highest BCUT2D eigenvalue weighted by molar-refractivity contribution is 5.92. The third-order valence-electron chi connectivity index (χ3n) is 6.25. The highest BCUT2D eigenvalue weighted by atomic mass is 19.4. The summed E-state index contributed by atoms with van der Waals surface area (Å²) in [6, 6.07) is 7.76. The van der Waals surface area contributed by atoms with Gasteiger partial charge in [-0.1, -0.05) is 12.1 Å². The standard InChI is InChI=1S/C33H46N4O10.C2HF3O2/c1-32(2,3)46-27(40)19-23(30(43)47-33(4,5)6)37-26(39)15-12-20-10-9-11-24(38)28(20)45-17-8-7-16-44-25-18-21(36-31(34)35)13-14-22(25)29(41)42;3-2(4,5)1(6)7/h9-11,13-14,18,23,38H,7-8,12,15-17,19H2,1-6H3,(H,37,39)(H,41,42)(H4,34,35,36);(H,6,7). The molecule has 0 fully saturated rings. The number of unbranched alkanes of at least 4 members (excludes halogenated alkanes) is 1. The number of carbonyl (C=O) groups is 5. The number of carboxylic acids is 2. The smallest absolute Gasteiger partial charge is 0.490 e. The quantitative estimate of drug-likeness (QED) is 0.0600. The molecule has 2 rings (SSSR count). The van der Waals surface area contributed by atoms with Gasteiger partial charge in [-0.25, -0.2) is 19.4 Å². The second kappa shape index (κ2) is 20.5. The van der Waals surface area contributed by atoms with Crippen LogP contribution < -0.4 is 26.3 Å². The Hall–Kier alpha value is -5.75. The molecule has 54 heavy (non-hydrogen) atoms. The number of benzene rings is 2. The van der Waals surface area contributed by atoms with Gasteiger partial charge in [-0.2, -0.15) is 13.2 Å². The number of aliphatic imine (C=N–C) groups is 1. The molecular formula is C35H47F3N4O12. The van der Waals surface area contributed by atoms with Crippen LogP contribution in [0.2, 0.25) is 0 Å². The summed E-state index contributed by atoms with van der Waals surface area (Å²) in [5.41, 5.74) is 10.0. The van der Waals surface area contributed by atoms with E-state index in [0.29, 0.717) is 24.1 Å². The van der Waals surface area contributed by atoms with E-state index in [0.717, 1.165) is 0 Å². The topological polar surface area (TPSA) is 259 Å².